The van der Waals surface area contributed by atoms with Gasteiger partial charge in [-0.25, -0.2) is 4.98 Å². The topological polar surface area (TPSA) is 45.2 Å². The van der Waals surface area contributed by atoms with E-state index < -0.39 is 0 Å². The Morgan fingerprint density at radius 2 is 1.76 bits per heavy atom. The molecule has 0 atom stereocenters. The molecule has 4 nitrogen and oxygen atoms in total. The number of anilines is 2. The van der Waals surface area contributed by atoms with Crippen molar-refractivity contribution in [1.82, 2.24) is 4.98 Å². The minimum atomic E-state index is -0.174. The van der Waals surface area contributed by atoms with Crippen molar-refractivity contribution in [3.05, 3.63) is 71.3 Å². The van der Waals surface area contributed by atoms with E-state index in [1.807, 2.05) is 30.3 Å². The summed E-state index contributed by atoms with van der Waals surface area (Å²) in [6, 6.07) is 17.3. The van der Waals surface area contributed by atoms with E-state index in [0.29, 0.717) is 5.02 Å². The Balaban J connectivity index is 0.00000240. The predicted molar refractivity (Wildman–Crippen MR) is 124 cm³/mol. The van der Waals surface area contributed by atoms with Crippen LogP contribution in [0.5, 0.6) is 0 Å². The highest BCUT2D eigenvalue weighted by atomic mass is 35.5. The van der Waals surface area contributed by atoms with Gasteiger partial charge in [0.05, 0.1) is 5.52 Å². The molecule has 1 aliphatic rings. The van der Waals surface area contributed by atoms with Crippen LogP contribution in [0.4, 0.5) is 11.5 Å². The maximum atomic E-state index is 12.2. The first-order valence-electron chi connectivity index (χ1n) is 9.58. The first-order valence-corrected chi connectivity index (χ1v) is 9.96. The average molecular weight is 428 g/mol. The van der Waals surface area contributed by atoms with Crippen LogP contribution in [0, 0.1) is 0 Å². The molecule has 0 radical (unpaired) electrons. The fraction of sp³-hybridized carbons (Fsp3) is 0.217. The van der Waals surface area contributed by atoms with Crippen LogP contribution in [0.1, 0.15) is 24.8 Å². The van der Waals surface area contributed by atoms with Gasteiger partial charge in [0.25, 0.3) is 0 Å². The van der Waals surface area contributed by atoms with E-state index in [2.05, 4.69) is 22.3 Å². The molecule has 0 unspecified atom stereocenters. The van der Waals surface area contributed by atoms with Crippen molar-refractivity contribution >= 4 is 58.4 Å². The number of benzene rings is 2. The number of aromatic nitrogens is 1. The van der Waals surface area contributed by atoms with E-state index in [9.17, 15) is 4.79 Å². The number of carbonyl (C=O) groups is 1. The second-order valence-electron chi connectivity index (χ2n) is 7.00. The minimum Gasteiger partial charge on any atom is -0.357 e. The first-order chi connectivity index (χ1) is 13.7. The highest BCUT2D eigenvalue weighted by Crippen LogP contribution is 2.23. The minimum absolute atomic E-state index is 0. The number of nitrogens with zero attached hydrogens (tertiary/aromatic N) is 2. The monoisotopic (exact) mass is 427 g/mol. The second kappa shape index (κ2) is 9.77. The number of fused-ring (bicyclic) bond motifs is 1. The number of amides is 1. The Kier molecular flexibility index (Phi) is 7.13. The Morgan fingerprint density at radius 3 is 2.52 bits per heavy atom. The SMILES string of the molecule is Cl.O=C(C=Cc1ccc(Cl)cc1)Nc1ccc2nc(N3CCCCC3)ccc2c1. The number of hydrogen-bond acceptors (Lipinski definition) is 3. The number of rotatable bonds is 4. The van der Waals surface area contributed by atoms with Crippen molar-refractivity contribution < 1.29 is 4.79 Å². The summed E-state index contributed by atoms with van der Waals surface area (Å²) in [7, 11) is 0. The average Bonchev–Trinajstić information content (AvgIpc) is 2.73. The normalized spacial score (nSPS) is 14.0. The molecule has 0 saturated carbocycles. The van der Waals surface area contributed by atoms with Crippen molar-refractivity contribution in [2.24, 2.45) is 0 Å². The van der Waals surface area contributed by atoms with E-state index in [-0.39, 0.29) is 18.3 Å². The van der Waals surface area contributed by atoms with Gasteiger partial charge in [0.2, 0.25) is 5.91 Å². The summed E-state index contributed by atoms with van der Waals surface area (Å²) in [5, 5.41) is 4.59. The van der Waals surface area contributed by atoms with Crippen molar-refractivity contribution in [1.29, 1.82) is 0 Å². The van der Waals surface area contributed by atoms with E-state index >= 15 is 0 Å². The Hall–Kier alpha value is -2.56. The Labute approximate surface area is 182 Å². The van der Waals surface area contributed by atoms with Crippen molar-refractivity contribution in [3.63, 3.8) is 0 Å². The third-order valence-corrected chi connectivity index (χ3v) is 5.17. The summed E-state index contributed by atoms with van der Waals surface area (Å²) < 4.78 is 0. The molecule has 6 heteroatoms. The zero-order chi connectivity index (χ0) is 19.3. The number of nitrogens with one attached hydrogen (secondary N) is 1. The molecule has 1 aliphatic heterocycles. The summed E-state index contributed by atoms with van der Waals surface area (Å²) in [5.74, 6) is 0.863. The molecule has 0 aliphatic carbocycles. The lowest BCUT2D eigenvalue weighted by Crippen LogP contribution is -2.30. The van der Waals surface area contributed by atoms with Gasteiger partial charge in [-0.05, 0) is 73.4 Å². The van der Waals surface area contributed by atoms with Crippen LogP contribution in [0.15, 0.2) is 60.7 Å². The summed E-state index contributed by atoms with van der Waals surface area (Å²) in [4.78, 5) is 19.3. The van der Waals surface area contributed by atoms with Gasteiger partial charge < -0.3 is 10.2 Å². The molecule has 1 saturated heterocycles. The molecule has 1 fully saturated rings. The molecular weight excluding hydrogens is 405 g/mol. The van der Waals surface area contributed by atoms with Gasteiger partial charge in [-0.2, -0.15) is 0 Å². The highest BCUT2D eigenvalue weighted by molar-refractivity contribution is 6.30. The van der Waals surface area contributed by atoms with Gasteiger partial charge in [-0.1, -0.05) is 23.7 Å². The second-order valence-corrected chi connectivity index (χ2v) is 7.44. The van der Waals surface area contributed by atoms with Crippen molar-refractivity contribution in [2.45, 2.75) is 19.3 Å². The molecular formula is C23H23Cl2N3O. The maximum absolute atomic E-state index is 12.2. The Bertz CT molecular complexity index is 1010. The van der Waals surface area contributed by atoms with Crippen LogP contribution >= 0.6 is 24.0 Å². The lowest BCUT2D eigenvalue weighted by atomic mass is 10.1. The van der Waals surface area contributed by atoms with Crippen LogP contribution in [-0.4, -0.2) is 24.0 Å². The van der Waals surface area contributed by atoms with Crippen molar-refractivity contribution in [2.75, 3.05) is 23.3 Å². The maximum Gasteiger partial charge on any atom is 0.248 e. The van der Waals surface area contributed by atoms with Gasteiger partial charge in [-0.3, -0.25) is 4.79 Å². The standard InChI is InChI=1S/C23H22ClN3O.ClH/c24-19-8-4-17(5-9-19)6-13-23(28)25-20-10-11-21-18(16-20)7-12-22(26-21)27-14-2-1-3-15-27;/h4-13,16H,1-3,14-15H2,(H,25,28);1H. The molecule has 4 rings (SSSR count). The third-order valence-electron chi connectivity index (χ3n) is 4.92. The number of hydrogen-bond donors (Lipinski definition) is 1. The summed E-state index contributed by atoms with van der Waals surface area (Å²) in [6.45, 7) is 2.15. The van der Waals surface area contributed by atoms with Gasteiger partial charge >= 0.3 is 0 Å². The summed E-state index contributed by atoms with van der Waals surface area (Å²) in [5.41, 5.74) is 2.62. The number of carbonyl (C=O) groups excluding carboxylic acids is 1. The summed E-state index contributed by atoms with van der Waals surface area (Å²) in [6.07, 6.45) is 7.05. The quantitative estimate of drug-likeness (QED) is 0.522. The predicted octanol–water partition coefficient (Wildman–Crippen LogP) is 5.95. The lowest BCUT2D eigenvalue weighted by molar-refractivity contribution is -0.111. The molecule has 1 amide bonds. The fourth-order valence-corrected chi connectivity index (χ4v) is 3.55. The largest absolute Gasteiger partial charge is 0.357 e. The first kappa shape index (κ1) is 21.2. The van der Waals surface area contributed by atoms with Gasteiger partial charge in [0.15, 0.2) is 0 Å². The zero-order valence-corrected chi connectivity index (χ0v) is 17.5. The van der Waals surface area contributed by atoms with Crippen LogP contribution < -0.4 is 10.2 Å². The van der Waals surface area contributed by atoms with Crippen LogP contribution in [0.25, 0.3) is 17.0 Å². The van der Waals surface area contributed by atoms with E-state index in [1.54, 1.807) is 18.2 Å². The molecule has 150 valence electrons. The van der Waals surface area contributed by atoms with Gasteiger partial charge in [0, 0.05) is 35.3 Å². The Morgan fingerprint density at radius 1 is 1.00 bits per heavy atom. The van der Waals surface area contributed by atoms with Crippen LogP contribution in [-0.2, 0) is 4.79 Å². The number of pyridine rings is 1. The van der Waals surface area contributed by atoms with E-state index in [1.165, 1.54) is 25.3 Å². The fourth-order valence-electron chi connectivity index (χ4n) is 3.42. The molecule has 2 heterocycles. The zero-order valence-electron chi connectivity index (χ0n) is 16.0. The molecule has 0 bridgehead atoms. The van der Waals surface area contributed by atoms with Gasteiger partial charge in [-0.15, -0.1) is 12.4 Å². The van der Waals surface area contributed by atoms with E-state index in [0.717, 1.165) is 41.1 Å². The molecule has 2 aromatic carbocycles. The summed E-state index contributed by atoms with van der Waals surface area (Å²) >= 11 is 5.87. The highest BCUT2D eigenvalue weighted by Gasteiger charge is 2.12. The number of halogens is 2. The van der Waals surface area contributed by atoms with Crippen molar-refractivity contribution in [3.8, 4) is 0 Å². The van der Waals surface area contributed by atoms with Gasteiger partial charge in [0.1, 0.15) is 5.82 Å². The molecule has 1 N–H and O–H groups in total. The molecule has 29 heavy (non-hydrogen) atoms. The van der Waals surface area contributed by atoms with Crippen LogP contribution in [0.2, 0.25) is 5.02 Å². The number of piperidine rings is 1. The lowest BCUT2D eigenvalue weighted by Gasteiger charge is -2.27. The smallest absolute Gasteiger partial charge is 0.248 e. The molecule has 3 aromatic rings. The van der Waals surface area contributed by atoms with E-state index in [4.69, 9.17) is 16.6 Å². The van der Waals surface area contributed by atoms with Crippen LogP contribution in [0.3, 0.4) is 0 Å². The molecule has 1 aromatic heterocycles. The third kappa shape index (κ3) is 5.49. The molecule has 0 spiro atoms.